The molecule has 1 aliphatic carbocycles. The number of rotatable bonds is 8. The lowest BCUT2D eigenvalue weighted by atomic mass is 10.0. The minimum Gasteiger partial charge on any atom is -0.382 e. The molecule has 1 fully saturated rings. The first kappa shape index (κ1) is 14.5. The number of nitrogens with zero attached hydrogens (tertiary/aromatic N) is 1. The van der Waals surface area contributed by atoms with Gasteiger partial charge in [0.15, 0.2) is 0 Å². The molecule has 1 rings (SSSR count). The molecular formula is C13H25NO3. The van der Waals surface area contributed by atoms with Crippen molar-refractivity contribution in [1.82, 2.24) is 4.90 Å². The van der Waals surface area contributed by atoms with Crippen LogP contribution in [-0.4, -0.2) is 49.8 Å². The summed E-state index contributed by atoms with van der Waals surface area (Å²) in [5, 5.41) is 0. The van der Waals surface area contributed by atoms with Crippen molar-refractivity contribution in [3.63, 3.8) is 0 Å². The average molecular weight is 243 g/mol. The molecule has 17 heavy (non-hydrogen) atoms. The number of hydrogen-bond donors (Lipinski definition) is 0. The van der Waals surface area contributed by atoms with E-state index >= 15 is 0 Å². The minimum absolute atomic E-state index is 0.116. The van der Waals surface area contributed by atoms with Crippen LogP contribution in [0.3, 0.4) is 0 Å². The molecule has 0 aliphatic heterocycles. The molecule has 1 amide bonds. The third-order valence-electron chi connectivity index (χ3n) is 3.29. The van der Waals surface area contributed by atoms with Crippen LogP contribution < -0.4 is 0 Å². The normalized spacial score (nSPS) is 17.2. The van der Waals surface area contributed by atoms with Crippen molar-refractivity contribution < 1.29 is 14.3 Å². The van der Waals surface area contributed by atoms with E-state index in [4.69, 9.17) is 9.47 Å². The summed E-state index contributed by atoms with van der Waals surface area (Å²) in [7, 11) is 1.63. The molecule has 1 unspecified atom stereocenters. The zero-order valence-corrected chi connectivity index (χ0v) is 11.4. The molecular weight excluding hydrogens is 218 g/mol. The van der Waals surface area contributed by atoms with Gasteiger partial charge in [0.05, 0.1) is 13.2 Å². The van der Waals surface area contributed by atoms with Crippen LogP contribution in [0, 0.1) is 5.92 Å². The second-order valence-electron chi connectivity index (χ2n) is 5.06. The van der Waals surface area contributed by atoms with Gasteiger partial charge in [-0.25, -0.2) is 0 Å². The lowest BCUT2D eigenvalue weighted by molar-refractivity contribution is -0.140. The van der Waals surface area contributed by atoms with Crippen LogP contribution in [0.4, 0.5) is 0 Å². The zero-order valence-electron chi connectivity index (χ0n) is 11.4. The second kappa shape index (κ2) is 6.97. The molecule has 0 aromatic carbocycles. The SMILES string of the molecule is COCCOCC(=O)N(C1CC1)C(C)C(C)C. The highest BCUT2D eigenvalue weighted by molar-refractivity contribution is 5.78. The fourth-order valence-corrected chi connectivity index (χ4v) is 1.81. The topological polar surface area (TPSA) is 38.8 Å². The lowest BCUT2D eigenvalue weighted by Gasteiger charge is -2.32. The molecule has 0 aromatic rings. The summed E-state index contributed by atoms with van der Waals surface area (Å²) in [6.07, 6.45) is 2.28. The van der Waals surface area contributed by atoms with E-state index in [0.29, 0.717) is 31.2 Å². The number of carbonyl (C=O) groups is 1. The second-order valence-corrected chi connectivity index (χ2v) is 5.06. The van der Waals surface area contributed by atoms with Crippen LogP contribution >= 0.6 is 0 Å². The number of methoxy groups -OCH3 is 1. The number of amides is 1. The number of hydrogen-bond acceptors (Lipinski definition) is 3. The smallest absolute Gasteiger partial charge is 0.249 e. The molecule has 4 heteroatoms. The maximum Gasteiger partial charge on any atom is 0.249 e. The largest absolute Gasteiger partial charge is 0.382 e. The summed E-state index contributed by atoms with van der Waals surface area (Å²) >= 11 is 0. The summed E-state index contributed by atoms with van der Waals surface area (Å²) in [5.41, 5.74) is 0. The van der Waals surface area contributed by atoms with Crippen LogP contribution in [0.5, 0.6) is 0 Å². The van der Waals surface area contributed by atoms with Gasteiger partial charge in [-0.05, 0) is 25.7 Å². The monoisotopic (exact) mass is 243 g/mol. The van der Waals surface area contributed by atoms with Gasteiger partial charge in [0.1, 0.15) is 6.61 Å². The fourth-order valence-electron chi connectivity index (χ4n) is 1.81. The Kier molecular flexibility index (Phi) is 5.92. The first-order valence-electron chi connectivity index (χ1n) is 6.45. The minimum atomic E-state index is 0.116. The Hall–Kier alpha value is -0.610. The molecule has 1 atom stereocenters. The van der Waals surface area contributed by atoms with Crippen LogP contribution in [0.25, 0.3) is 0 Å². The van der Waals surface area contributed by atoms with Gasteiger partial charge in [0.2, 0.25) is 5.91 Å². The van der Waals surface area contributed by atoms with Gasteiger partial charge in [-0.15, -0.1) is 0 Å². The molecule has 1 saturated carbocycles. The quantitative estimate of drug-likeness (QED) is 0.609. The summed E-state index contributed by atoms with van der Waals surface area (Å²) < 4.78 is 10.2. The van der Waals surface area contributed by atoms with Gasteiger partial charge in [-0.3, -0.25) is 4.79 Å². The Morgan fingerprint density at radius 3 is 2.41 bits per heavy atom. The van der Waals surface area contributed by atoms with Crippen molar-refractivity contribution in [2.45, 2.75) is 45.7 Å². The summed E-state index contributed by atoms with van der Waals surface area (Å²) in [6, 6.07) is 0.743. The number of ether oxygens (including phenoxy) is 2. The first-order valence-corrected chi connectivity index (χ1v) is 6.45. The Morgan fingerprint density at radius 1 is 1.29 bits per heavy atom. The summed E-state index contributed by atoms with van der Waals surface area (Å²) in [4.78, 5) is 14.1. The van der Waals surface area contributed by atoms with Gasteiger partial charge < -0.3 is 14.4 Å². The molecule has 0 radical (unpaired) electrons. The Morgan fingerprint density at radius 2 is 1.94 bits per heavy atom. The van der Waals surface area contributed by atoms with Gasteiger partial charge in [-0.2, -0.15) is 0 Å². The van der Waals surface area contributed by atoms with E-state index in [-0.39, 0.29) is 12.5 Å². The lowest BCUT2D eigenvalue weighted by Crippen LogP contribution is -2.44. The van der Waals surface area contributed by atoms with E-state index in [2.05, 4.69) is 20.8 Å². The van der Waals surface area contributed by atoms with E-state index in [1.165, 1.54) is 0 Å². The van der Waals surface area contributed by atoms with Gasteiger partial charge in [0, 0.05) is 19.2 Å². The molecule has 100 valence electrons. The van der Waals surface area contributed by atoms with Crippen molar-refractivity contribution in [2.75, 3.05) is 26.9 Å². The molecule has 0 saturated heterocycles. The highest BCUT2D eigenvalue weighted by Gasteiger charge is 2.36. The Labute approximate surface area is 104 Å². The third kappa shape index (κ3) is 4.64. The van der Waals surface area contributed by atoms with Gasteiger partial charge in [-0.1, -0.05) is 13.8 Å². The van der Waals surface area contributed by atoms with E-state index in [1.807, 2.05) is 4.90 Å². The molecule has 0 bridgehead atoms. The van der Waals surface area contributed by atoms with Crippen molar-refractivity contribution in [3.05, 3.63) is 0 Å². The van der Waals surface area contributed by atoms with E-state index in [1.54, 1.807) is 7.11 Å². The van der Waals surface area contributed by atoms with Crippen LogP contribution in [0.1, 0.15) is 33.6 Å². The average Bonchev–Trinajstić information content (AvgIpc) is 3.09. The van der Waals surface area contributed by atoms with Gasteiger partial charge >= 0.3 is 0 Å². The van der Waals surface area contributed by atoms with Gasteiger partial charge in [0.25, 0.3) is 0 Å². The van der Waals surface area contributed by atoms with Crippen LogP contribution in [-0.2, 0) is 14.3 Å². The maximum absolute atomic E-state index is 12.1. The van der Waals surface area contributed by atoms with Crippen LogP contribution in [0.15, 0.2) is 0 Å². The van der Waals surface area contributed by atoms with Crippen molar-refractivity contribution in [1.29, 1.82) is 0 Å². The summed E-state index contributed by atoms with van der Waals surface area (Å²) in [5.74, 6) is 0.600. The van der Waals surface area contributed by atoms with Crippen molar-refractivity contribution in [3.8, 4) is 0 Å². The highest BCUT2D eigenvalue weighted by Crippen LogP contribution is 2.30. The van der Waals surface area contributed by atoms with Crippen LogP contribution in [0.2, 0.25) is 0 Å². The Bertz CT molecular complexity index is 239. The molecule has 0 aromatic heterocycles. The zero-order chi connectivity index (χ0) is 12.8. The highest BCUT2D eigenvalue weighted by atomic mass is 16.5. The molecule has 0 spiro atoms. The first-order chi connectivity index (χ1) is 8.07. The third-order valence-corrected chi connectivity index (χ3v) is 3.29. The molecule has 0 heterocycles. The molecule has 4 nitrogen and oxygen atoms in total. The predicted octanol–water partition coefficient (Wildman–Crippen LogP) is 1.68. The molecule has 0 N–H and O–H groups in total. The van der Waals surface area contributed by atoms with Crippen molar-refractivity contribution in [2.24, 2.45) is 5.92 Å². The summed E-state index contributed by atoms with van der Waals surface area (Å²) in [6.45, 7) is 7.62. The van der Waals surface area contributed by atoms with E-state index < -0.39 is 0 Å². The van der Waals surface area contributed by atoms with E-state index in [0.717, 1.165) is 12.8 Å². The Balaban J connectivity index is 2.38. The maximum atomic E-state index is 12.1. The number of carbonyl (C=O) groups excluding carboxylic acids is 1. The van der Waals surface area contributed by atoms with Crippen molar-refractivity contribution >= 4 is 5.91 Å². The molecule has 1 aliphatic rings. The predicted molar refractivity (Wildman–Crippen MR) is 66.9 cm³/mol. The van der Waals surface area contributed by atoms with E-state index in [9.17, 15) is 4.79 Å². The standard InChI is InChI=1S/C13H25NO3/c1-10(2)11(3)14(12-5-6-12)13(15)9-17-8-7-16-4/h10-12H,5-9H2,1-4H3. The fraction of sp³-hybridized carbons (Fsp3) is 0.923.